The monoisotopic (exact) mass is 478 g/mol. The van der Waals surface area contributed by atoms with Crippen LogP contribution in [0.3, 0.4) is 0 Å². The number of hydrogen-bond donors (Lipinski definition) is 1. The van der Waals surface area contributed by atoms with Crippen LogP contribution in [0.2, 0.25) is 0 Å². The lowest BCUT2D eigenvalue weighted by atomic mass is 9.60. The Kier molecular flexibility index (Phi) is 6.84. The molecule has 35 heavy (non-hydrogen) atoms. The minimum atomic E-state index is -0.353. The Morgan fingerprint density at radius 2 is 2.09 bits per heavy atom. The van der Waals surface area contributed by atoms with E-state index in [0.29, 0.717) is 24.9 Å². The second-order valence-electron chi connectivity index (χ2n) is 9.87. The largest absolute Gasteiger partial charge is 0.461 e. The van der Waals surface area contributed by atoms with Crippen LogP contribution in [0.15, 0.2) is 48.7 Å². The first-order valence-electron chi connectivity index (χ1n) is 12.5. The summed E-state index contributed by atoms with van der Waals surface area (Å²) >= 11 is 0. The van der Waals surface area contributed by atoms with E-state index in [-0.39, 0.29) is 41.9 Å². The van der Waals surface area contributed by atoms with Gasteiger partial charge in [0, 0.05) is 29.6 Å². The molecule has 1 saturated heterocycles. The number of carbonyl (C=O) groups is 2. The maximum Gasteiger partial charge on any atom is 0.407 e. The molecule has 2 aromatic rings. The number of rotatable bonds is 5. The molecule has 2 aliphatic carbocycles. The summed E-state index contributed by atoms with van der Waals surface area (Å²) in [6, 6.07) is 10.4. The average molecular weight is 479 g/mol. The lowest BCUT2D eigenvalue weighted by molar-refractivity contribution is -0.145. The van der Waals surface area contributed by atoms with Crippen molar-refractivity contribution < 1.29 is 23.5 Å². The molecule has 184 valence electrons. The van der Waals surface area contributed by atoms with Crippen molar-refractivity contribution in [2.24, 2.45) is 23.7 Å². The van der Waals surface area contributed by atoms with Crippen molar-refractivity contribution in [3.63, 3.8) is 0 Å². The number of fused-ring (bicyclic) bond motifs is 2. The molecule has 0 radical (unpaired) electrons. The van der Waals surface area contributed by atoms with E-state index in [9.17, 15) is 14.0 Å². The summed E-state index contributed by atoms with van der Waals surface area (Å²) in [4.78, 5) is 28.6. The Balaban J connectivity index is 1.31. The molecule has 3 aliphatic rings. The number of nitrogens with one attached hydrogen (secondary N) is 1. The predicted molar refractivity (Wildman–Crippen MR) is 130 cm³/mol. The molecule has 0 bridgehead atoms. The molecule has 3 fully saturated rings. The van der Waals surface area contributed by atoms with E-state index >= 15 is 0 Å². The van der Waals surface area contributed by atoms with Gasteiger partial charge in [0.05, 0.1) is 18.7 Å². The highest BCUT2D eigenvalue weighted by atomic mass is 19.1. The third kappa shape index (κ3) is 5.24. The number of alkyl carbamates (subject to hydrolysis) is 1. The van der Waals surface area contributed by atoms with Gasteiger partial charge in [0.1, 0.15) is 11.9 Å². The fourth-order valence-electron chi connectivity index (χ4n) is 6.21. The van der Waals surface area contributed by atoms with Crippen LogP contribution >= 0.6 is 0 Å². The van der Waals surface area contributed by atoms with Gasteiger partial charge in [-0.3, -0.25) is 9.78 Å². The molecule has 1 aromatic carbocycles. The zero-order chi connectivity index (χ0) is 24.4. The molecule has 1 aliphatic heterocycles. The Labute approximate surface area is 204 Å². The van der Waals surface area contributed by atoms with E-state index in [4.69, 9.17) is 9.47 Å². The molecule has 7 heteroatoms. The molecule has 1 amide bonds. The first-order valence-corrected chi connectivity index (χ1v) is 12.5. The van der Waals surface area contributed by atoms with Crippen molar-refractivity contribution in [1.82, 2.24) is 10.3 Å². The third-order valence-electron chi connectivity index (χ3n) is 7.71. The highest BCUT2D eigenvalue weighted by Gasteiger charge is 2.51. The minimum Gasteiger partial charge on any atom is -0.461 e. The molecule has 1 N–H and O–H groups in total. The number of benzene rings is 1. The van der Waals surface area contributed by atoms with Crippen LogP contribution in [0.5, 0.6) is 0 Å². The molecule has 6 nitrogen and oxygen atoms in total. The van der Waals surface area contributed by atoms with Crippen LogP contribution in [0, 0.1) is 29.5 Å². The SMILES string of the molecule is CCOC(=O)N[C@@H]1CC[C@@H]2[C@@H](C1)C[C@@H]1CC(=O)O[C@@H]1[C@H]2/C=C/c1ccc(-c2cccc(F)c2)cn1. The number of halogens is 1. The lowest BCUT2D eigenvalue weighted by Crippen LogP contribution is -2.48. The van der Waals surface area contributed by atoms with E-state index in [2.05, 4.69) is 16.4 Å². The first kappa shape index (κ1) is 23.5. The summed E-state index contributed by atoms with van der Waals surface area (Å²) in [5.74, 6) is 0.762. The van der Waals surface area contributed by atoms with Gasteiger partial charge >= 0.3 is 12.1 Å². The average Bonchev–Trinajstić information content (AvgIpc) is 3.22. The number of carbonyl (C=O) groups excluding carboxylic acids is 2. The van der Waals surface area contributed by atoms with Crippen LogP contribution in [0.1, 0.15) is 44.7 Å². The van der Waals surface area contributed by atoms with Crippen molar-refractivity contribution in [1.29, 1.82) is 0 Å². The molecule has 2 heterocycles. The Bertz CT molecular complexity index is 1100. The molecule has 6 atom stereocenters. The molecule has 1 aromatic heterocycles. The number of amides is 1. The quantitative estimate of drug-likeness (QED) is 0.584. The number of nitrogens with zero attached hydrogens (tertiary/aromatic N) is 1. The number of aromatic nitrogens is 1. The second-order valence-corrected chi connectivity index (χ2v) is 9.87. The molecular weight excluding hydrogens is 447 g/mol. The number of pyridine rings is 1. The third-order valence-corrected chi connectivity index (χ3v) is 7.71. The lowest BCUT2D eigenvalue weighted by Gasteiger charge is -2.47. The predicted octanol–water partition coefficient (Wildman–Crippen LogP) is 5.38. The number of hydrogen-bond acceptors (Lipinski definition) is 5. The van der Waals surface area contributed by atoms with E-state index in [0.717, 1.165) is 42.5 Å². The summed E-state index contributed by atoms with van der Waals surface area (Å²) in [6.45, 7) is 2.16. The highest BCUT2D eigenvalue weighted by Crippen LogP contribution is 2.50. The van der Waals surface area contributed by atoms with Crippen molar-refractivity contribution >= 4 is 18.1 Å². The Morgan fingerprint density at radius 1 is 1.20 bits per heavy atom. The zero-order valence-electron chi connectivity index (χ0n) is 19.9. The van der Waals surface area contributed by atoms with E-state index in [1.807, 2.05) is 24.3 Å². The summed E-state index contributed by atoms with van der Waals surface area (Å²) < 4.78 is 24.4. The molecular formula is C28H31FN2O4. The van der Waals surface area contributed by atoms with Gasteiger partial charge < -0.3 is 14.8 Å². The molecule has 5 rings (SSSR count). The fourth-order valence-corrected chi connectivity index (χ4v) is 6.21. The van der Waals surface area contributed by atoms with Crippen LogP contribution in [0.25, 0.3) is 17.2 Å². The van der Waals surface area contributed by atoms with Crippen molar-refractivity contribution in [2.45, 2.75) is 51.2 Å². The van der Waals surface area contributed by atoms with Gasteiger partial charge in [-0.2, -0.15) is 0 Å². The van der Waals surface area contributed by atoms with Crippen molar-refractivity contribution in [3.8, 4) is 11.1 Å². The van der Waals surface area contributed by atoms with Gasteiger partial charge in [0.15, 0.2) is 0 Å². The summed E-state index contributed by atoms with van der Waals surface area (Å²) in [5.41, 5.74) is 2.46. The van der Waals surface area contributed by atoms with E-state index in [1.54, 1.807) is 19.2 Å². The minimum absolute atomic E-state index is 0.0962. The van der Waals surface area contributed by atoms with Crippen molar-refractivity contribution in [2.75, 3.05) is 6.61 Å². The topological polar surface area (TPSA) is 77.5 Å². The second kappa shape index (κ2) is 10.2. The summed E-state index contributed by atoms with van der Waals surface area (Å²) in [6.07, 6.45) is 9.63. The fraction of sp³-hybridized carbons (Fsp3) is 0.464. The van der Waals surface area contributed by atoms with Crippen LogP contribution < -0.4 is 5.32 Å². The van der Waals surface area contributed by atoms with Gasteiger partial charge in [-0.25, -0.2) is 9.18 Å². The number of esters is 1. The highest BCUT2D eigenvalue weighted by molar-refractivity contribution is 5.72. The van der Waals surface area contributed by atoms with Crippen LogP contribution in [-0.4, -0.2) is 35.8 Å². The normalized spacial score (nSPS) is 29.8. The Morgan fingerprint density at radius 3 is 2.86 bits per heavy atom. The van der Waals surface area contributed by atoms with E-state index in [1.165, 1.54) is 12.1 Å². The van der Waals surface area contributed by atoms with Crippen LogP contribution in [0.4, 0.5) is 9.18 Å². The van der Waals surface area contributed by atoms with Gasteiger partial charge in [-0.05, 0) is 74.3 Å². The zero-order valence-corrected chi connectivity index (χ0v) is 19.9. The Hall–Kier alpha value is -3.22. The van der Waals surface area contributed by atoms with E-state index < -0.39 is 0 Å². The smallest absolute Gasteiger partial charge is 0.407 e. The van der Waals surface area contributed by atoms with Crippen LogP contribution in [-0.2, 0) is 14.3 Å². The summed E-state index contributed by atoms with van der Waals surface area (Å²) in [7, 11) is 0. The standard InChI is InChI=1S/C28H31FN2O4/c1-2-34-28(33)31-23-9-10-24-19(14-23)12-20-15-26(32)35-27(20)25(24)11-8-22-7-6-18(16-30-22)17-4-3-5-21(29)13-17/h3-8,11,13,16,19-20,23-25,27H,2,9-10,12,14-15H2,1H3,(H,31,33)/b11-8+/t19-,20-,23-,24-,25+,27+/m1/s1. The molecule has 2 saturated carbocycles. The maximum atomic E-state index is 13.6. The molecule has 0 spiro atoms. The maximum absolute atomic E-state index is 13.6. The van der Waals surface area contributed by atoms with Gasteiger partial charge in [0.25, 0.3) is 0 Å². The summed E-state index contributed by atoms with van der Waals surface area (Å²) in [5, 5.41) is 3.01. The first-order chi connectivity index (χ1) is 17.0. The molecule has 0 unspecified atom stereocenters. The van der Waals surface area contributed by atoms with Gasteiger partial charge in [-0.15, -0.1) is 0 Å². The van der Waals surface area contributed by atoms with Gasteiger partial charge in [0.2, 0.25) is 0 Å². The number of ether oxygens (including phenoxy) is 2. The van der Waals surface area contributed by atoms with Gasteiger partial charge in [-0.1, -0.05) is 24.3 Å². The van der Waals surface area contributed by atoms with Crippen molar-refractivity contribution in [3.05, 3.63) is 60.2 Å².